The molecule has 3 N–H and O–H groups in total. The average Bonchev–Trinajstić information content (AvgIpc) is 3.64. The third-order valence-corrected chi connectivity index (χ3v) is 7.23. The summed E-state index contributed by atoms with van der Waals surface area (Å²) in [5.74, 6) is -0.171. The Balaban J connectivity index is 1.11. The van der Waals surface area contributed by atoms with Crippen molar-refractivity contribution in [2.75, 3.05) is 23.3 Å². The van der Waals surface area contributed by atoms with Crippen LogP contribution in [0.4, 0.5) is 11.4 Å². The van der Waals surface area contributed by atoms with Crippen molar-refractivity contribution >= 4 is 34.1 Å². The smallest absolute Gasteiger partial charge is 0.255 e. The van der Waals surface area contributed by atoms with Crippen LogP contribution >= 0.6 is 0 Å². The fraction of sp³-hybridized carbons (Fsp3) is 0.267. The Kier molecular flexibility index (Phi) is 6.14. The third kappa shape index (κ3) is 5.08. The molecule has 0 bridgehead atoms. The molecule has 2 aliphatic rings. The molecule has 3 aromatic carbocycles. The minimum Gasteiger partial charge on any atom is -0.393 e. The molecule has 1 aliphatic carbocycles. The van der Waals surface area contributed by atoms with Gasteiger partial charge in [0.05, 0.1) is 11.6 Å². The molecule has 7 nitrogen and oxygen atoms in total. The van der Waals surface area contributed by atoms with Gasteiger partial charge in [-0.1, -0.05) is 0 Å². The number of anilines is 2. The van der Waals surface area contributed by atoms with E-state index >= 15 is 0 Å². The van der Waals surface area contributed by atoms with Gasteiger partial charge in [-0.05, 0) is 98.5 Å². The number of fused-ring (bicyclic) bond motifs is 1. The summed E-state index contributed by atoms with van der Waals surface area (Å²) in [4.78, 5) is 27.4. The summed E-state index contributed by atoms with van der Waals surface area (Å²) in [5.41, 5.74) is 5.06. The zero-order valence-corrected chi connectivity index (χ0v) is 20.6. The van der Waals surface area contributed by atoms with Gasteiger partial charge in [-0.2, -0.15) is 0 Å². The standard InChI is InChI=1S/C30H30N4O3/c35-27-14-16-33(17-15-27)25-8-1-20(2-9-25)29(36)31-24-6-10-26(11-7-24)34-18-13-21-19-22(3-12-28(21)34)30(37)32-23-4-5-23/h1-3,6-13,18-19,23,27,35H,4-5,14-17H2,(H,31,36)(H,32,37). The number of aliphatic hydroxyl groups excluding tert-OH is 1. The van der Waals surface area contributed by atoms with Gasteiger partial charge in [0.2, 0.25) is 0 Å². The van der Waals surface area contributed by atoms with Crippen LogP contribution in [0.5, 0.6) is 0 Å². The van der Waals surface area contributed by atoms with Gasteiger partial charge in [-0.15, -0.1) is 0 Å². The first-order valence-corrected chi connectivity index (χ1v) is 12.9. The number of rotatable bonds is 6. The number of hydrogen-bond donors (Lipinski definition) is 3. The van der Waals surface area contributed by atoms with Crippen molar-refractivity contribution in [2.45, 2.75) is 37.8 Å². The fourth-order valence-electron chi connectivity index (χ4n) is 4.86. The lowest BCUT2D eigenvalue weighted by Gasteiger charge is -2.31. The molecule has 37 heavy (non-hydrogen) atoms. The summed E-state index contributed by atoms with van der Waals surface area (Å²) in [6, 6.07) is 23.5. The lowest BCUT2D eigenvalue weighted by Crippen LogP contribution is -2.35. The van der Waals surface area contributed by atoms with Crippen LogP contribution in [0, 0.1) is 0 Å². The Morgan fingerprint density at radius 1 is 0.757 bits per heavy atom. The lowest BCUT2D eigenvalue weighted by molar-refractivity contribution is 0.0950. The monoisotopic (exact) mass is 494 g/mol. The summed E-state index contributed by atoms with van der Waals surface area (Å²) >= 11 is 0. The van der Waals surface area contributed by atoms with Crippen molar-refractivity contribution in [3.63, 3.8) is 0 Å². The van der Waals surface area contributed by atoms with E-state index in [1.807, 2.05) is 79.0 Å². The van der Waals surface area contributed by atoms with E-state index in [4.69, 9.17) is 0 Å². The first-order valence-electron chi connectivity index (χ1n) is 12.9. The topological polar surface area (TPSA) is 86.6 Å². The van der Waals surface area contributed by atoms with Crippen LogP contribution in [0.3, 0.4) is 0 Å². The number of aliphatic hydroxyl groups is 1. The van der Waals surface area contributed by atoms with E-state index in [0.29, 0.717) is 17.2 Å². The predicted octanol–water partition coefficient (Wildman–Crippen LogP) is 4.74. The molecule has 2 fully saturated rings. The van der Waals surface area contributed by atoms with Gasteiger partial charge in [0.15, 0.2) is 0 Å². The molecule has 0 radical (unpaired) electrons. The first-order chi connectivity index (χ1) is 18.0. The molecule has 2 amide bonds. The van der Waals surface area contributed by atoms with E-state index in [1.54, 1.807) is 0 Å². The van der Waals surface area contributed by atoms with E-state index in [2.05, 4.69) is 20.1 Å². The molecular weight excluding hydrogens is 464 g/mol. The SMILES string of the molecule is O=C(Nc1ccc(-n2ccc3cc(C(=O)NC4CC4)ccc32)cc1)c1ccc(N2CCC(O)CC2)cc1. The second kappa shape index (κ2) is 9.75. The van der Waals surface area contributed by atoms with Crippen LogP contribution in [0.25, 0.3) is 16.6 Å². The van der Waals surface area contributed by atoms with Crippen LogP contribution in [0.1, 0.15) is 46.4 Å². The number of amides is 2. The van der Waals surface area contributed by atoms with E-state index in [1.165, 1.54) is 0 Å². The Bertz CT molecular complexity index is 1430. The highest BCUT2D eigenvalue weighted by atomic mass is 16.3. The molecule has 0 atom stereocenters. The second-order valence-corrected chi connectivity index (χ2v) is 9.97. The molecule has 0 spiro atoms. The zero-order valence-electron chi connectivity index (χ0n) is 20.6. The molecule has 1 aromatic heterocycles. The minimum absolute atomic E-state index is 0.0155. The van der Waals surface area contributed by atoms with E-state index < -0.39 is 0 Å². The van der Waals surface area contributed by atoms with Crippen LogP contribution < -0.4 is 15.5 Å². The van der Waals surface area contributed by atoms with Gasteiger partial charge in [-0.25, -0.2) is 0 Å². The molecule has 6 rings (SSSR count). The number of nitrogens with one attached hydrogen (secondary N) is 2. The number of piperidine rings is 1. The number of benzene rings is 3. The number of hydrogen-bond acceptors (Lipinski definition) is 4. The maximum atomic E-state index is 12.8. The number of carbonyl (C=O) groups is 2. The highest BCUT2D eigenvalue weighted by Crippen LogP contribution is 2.25. The summed E-state index contributed by atoms with van der Waals surface area (Å²) in [7, 11) is 0. The zero-order chi connectivity index (χ0) is 25.4. The van der Waals surface area contributed by atoms with Crippen LogP contribution in [-0.2, 0) is 0 Å². The number of carbonyl (C=O) groups excluding carboxylic acids is 2. The van der Waals surface area contributed by atoms with Crippen molar-refractivity contribution in [1.29, 1.82) is 0 Å². The molecule has 7 heteroatoms. The molecular formula is C30H30N4O3. The first kappa shape index (κ1) is 23.3. The van der Waals surface area contributed by atoms with Crippen molar-refractivity contribution in [1.82, 2.24) is 9.88 Å². The van der Waals surface area contributed by atoms with Gasteiger partial charge >= 0.3 is 0 Å². The fourth-order valence-corrected chi connectivity index (χ4v) is 4.86. The van der Waals surface area contributed by atoms with Crippen molar-refractivity contribution in [3.05, 3.63) is 90.1 Å². The molecule has 0 unspecified atom stereocenters. The normalized spacial score (nSPS) is 16.1. The average molecular weight is 495 g/mol. The molecule has 2 heterocycles. The highest BCUT2D eigenvalue weighted by molar-refractivity contribution is 6.04. The van der Waals surface area contributed by atoms with Crippen molar-refractivity contribution < 1.29 is 14.7 Å². The van der Waals surface area contributed by atoms with E-state index in [-0.39, 0.29) is 17.9 Å². The van der Waals surface area contributed by atoms with Gasteiger partial charge in [0, 0.05) is 58.9 Å². The summed E-state index contributed by atoms with van der Waals surface area (Å²) in [6.45, 7) is 1.65. The number of aromatic nitrogens is 1. The second-order valence-electron chi connectivity index (χ2n) is 9.97. The maximum Gasteiger partial charge on any atom is 0.255 e. The predicted molar refractivity (Wildman–Crippen MR) is 146 cm³/mol. The molecule has 4 aromatic rings. The summed E-state index contributed by atoms with van der Waals surface area (Å²) in [5, 5.41) is 16.7. The lowest BCUT2D eigenvalue weighted by atomic mass is 10.1. The number of nitrogens with zero attached hydrogens (tertiary/aromatic N) is 2. The van der Waals surface area contributed by atoms with E-state index in [0.717, 1.165) is 66.7 Å². The van der Waals surface area contributed by atoms with Crippen molar-refractivity contribution in [3.8, 4) is 5.69 Å². The van der Waals surface area contributed by atoms with Crippen LogP contribution in [0.15, 0.2) is 79.0 Å². The molecule has 1 saturated carbocycles. The molecule has 1 aliphatic heterocycles. The van der Waals surface area contributed by atoms with Gasteiger partial charge in [0.25, 0.3) is 11.8 Å². The Morgan fingerprint density at radius 2 is 1.43 bits per heavy atom. The van der Waals surface area contributed by atoms with E-state index in [9.17, 15) is 14.7 Å². The van der Waals surface area contributed by atoms with Gasteiger partial charge < -0.3 is 25.2 Å². The quantitative estimate of drug-likeness (QED) is 0.362. The third-order valence-electron chi connectivity index (χ3n) is 7.23. The highest BCUT2D eigenvalue weighted by Gasteiger charge is 2.24. The maximum absolute atomic E-state index is 12.8. The van der Waals surface area contributed by atoms with Gasteiger partial charge in [0.1, 0.15) is 0 Å². The van der Waals surface area contributed by atoms with Crippen LogP contribution in [0.2, 0.25) is 0 Å². The summed E-state index contributed by atoms with van der Waals surface area (Å²) < 4.78 is 2.07. The van der Waals surface area contributed by atoms with Crippen LogP contribution in [-0.4, -0.2) is 46.7 Å². The largest absolute Gasteiger partial charge is 0.393 e. The molecule has 1 saturated heterocycles. The minimum atomic E-state index is -0.207. The molecule has 188 valence electrons. The van der Waals surface area contributed by atoms with Gasteiger partial charge in [-0.3, -0.25) is 9.59 Å². The Morgan fingerprint density at radius 3 is 2.14 bits per heavy atom. The Labute approximate surface area is 215 Å². The Hall–Kier alpha value is -4.10. The van der Waals surface area contributed by atoms with Crippen molar-refractivity contribution in [2.24, 2.45) is 0 Å². The summed E-state index contributed by atoms with van der Waals surface area (Å²) in [6.07, 6.45) is 5.47.